The lowest BCUT2D eigenvalue weighted by molar-refractivity contribution is -0.384. The van der Waals surface area contributed by atoms with Crippen LogP contribution in [0.25, 0.3) is 0 Å². The summed E-state index contributed by atoms with van der Waals surface area (Å²) < 4.78 is 10.1. The highest BCUT2D eigenvalue weighted by molar-refractivity contribution is 5.94. The van der Waals surface area contributed by atoms with Crippen LogP contribution in [0.2, 0.25) is 0 Å². The van der Waals surface area contributed by atoms with E-state index in [2.05, 4.69) is 15.5 Å². The van der Waals surface area contributed by atoms with Crippen molar-refractivity contribution in [3.8, 4) is 0 Å². The predicted molar refractivity (Wildman–Crippen MR) is 128 cm³/mol. The second kappa shape index (κ2) is 13.4. The summed E-state index contributed by atoms with van der Waals surface area (Å²) in [5.41, 5.74) is 1.77. The zero-order valence-electron chi connectivity index (χ0n) is 19.7. The lowest BCUT2D eigenvalue weighted by Crippen LogP contribution is -2.32. The molecule has 0 atom stereocenters. The van der Waals surface area contributed by atoms with E-state index in [1.54, 1.807) is 25.1 Å². The van der Waals surface area contributed by atoms with Crippen molar-refractivity contribution < 1.29 is 28.8 Å². The van der Waals surface area contributed by atoms with Crippen LogP contribution >= 0.6 is 0 Å². The van der Waals surface area contributed by atoms with Crippen molar-refractivity contribution in [2.45, 2.75) is 27.2 Å². The number of nitrogens with zero attached hydrogens (tertiary/aromatic N) is 4. The van der Waals surface area contributed by atoms with Crippen LogP contribution in [0.15, 0.2) is 52.7 Å². The largest absolute Gasteiger partial charge is 0.464 e. The van der Waals surface area contributed by atoms with Crippen molar-refractivity contribution in [2.75, 3.05) is 36.5 Å². The van der Waals surface area contributed by atoms with Gasteiger partial charge in [-0.3, -0.25) is 24.5 Å². The molecule has 0 spiro atoms. The van der Waals surface area contributed by atoms with E-state index in [9.17, 15) is 24.5 Å². The monoisotopic (exact) mass is 485 g/mol. The Hall–Kier alpha value is -4.35. The number of nitro benzene ring substituents is 1. The van der Waals surface area contributed by atoms with Crippen molar-refractivity contribution in [1.82, 2.24) is 0 Å². The Morgan fingerprint density at radius 3 is 2.09 bits per heavy atom. The average Bonchev–Trinajstić information content (AvgIpc) is 2.82. The van der Waals surface area contributed by atoms with Crippen LogP contribution in [0.3, 0.4) is 0 Å². The van der Waals surface area contributed by atoms with Crippen LogP contribution in [-0.4, -0.2) is 49.1 Å². The number of ether oxygens (including phenoxy) is 2. The zero-order chi connectivity index (χ0) is 25.8. The van der Waals surface area contributed by atoms with Crippen LogP contribution in [0.5, 0.6) is 0 Å². The number of nitrogens with one attached hydrogen (secondary N) is 1. The van der Waals surface area contributed by atoms with Gasteiger partial charge in [-0.2, -0.15) is 5.11 Å². The summed E-state index contributed by atoms with van der Waals surface area (Å²) in [6.07, 6.45) is 0.242. The first kappa shape index (κ1) is 26.9. The second-order valence-electron chi connectivity index (χ2n) is 7.24. The molecule has 0 radical (unpaired) electrons. The van der Waals surface area contributed by atoms with Gasteiger partial charge in [0.25, 0.3) is 5.69 Å². The van der Waals surface area contributed by atoms with Gasteiger partial charge in [-0.15, -0.1) is 5.11 Å². The molecule has 186 valence electrons. The molecular formula is C23H27N5O7. The van der Waals surface area contributed by atoms with Gasteiger partial charge in [-0.25, -0.2) is 0 Å². The third-order valence-electron chi connectivity index (χ3n) is 4.61. The Labute approximate surface area is 202 Å². The van der Waals surface area contributed by atoms with Gasteiger partial charge in [0.05, 0.1) is 29.4 Å². The molecule has 0 heterocycles. The Bertz CT molecular complexity index is 1070. The van der Waals surface area contributed by atoms with Crippen LogP contribution in [-0.2, 0) is 23.9 Å². The number of amides is 1. The van der Waals surface area contributed by atoms with Gasteiger partial charge in [0.1, 0.15) is 18.9 Å². The minimum Gasteiger partial charge on any atom is -0.464 e. The number of nitro groups is 1. The summed E-state index contributed by atoms with van der Waals surface area (Å²) in [5.74, 6) is -1.06. The number of azo groups is 1. The molecule has 1 N–H and O–H groups in total. The maximum absolute atomic E-state index is 12.1. The van der Waals surface area contributed by atoms with E-state index in [4.69, 9.17) is 9.47 Å². The van der Waals surface area contributed by atoms with Crippen molar-refractivity contribution >= 4 is 46.3 Å². The standard InChI is InChI=1S/C23H27N5O7/c1-4-23(31)24-22-15-20(27(11-13-34-16(2)29)12-14-35-17(3)30)9-10-21(22)26-25-18-5-7-19(8-6-18)28(32)33/h5-10,15H,4,11-14H2,1-3H3,(H,24,31). The molecule has 12 heteroatoms. The molecule has 0 fully saturated rings. The molecular weight excluding hydrogens is 458 g/mol. The molecule has 0 aromatic heterocycles. The smallest absolute Gasteiger partial charge is 0.302 e. The van der Waals surface area contributed by atoms with Crippen LogP contribution in [0, 0.1) is 10.1 Å². The molecule has 12 nitrogen and oxygen atoms in total. The van der Waals surface area contributed by atoms with Gasteiger partial charge in [0.15, 0.2) is 0 Å². The minimum atomic E-state index is -0.507. The predicted octanol–water partition coefficient (Wildman–Crippen LogP) is 4.29. The van der Waals surface area contributed by atoms with Crippen molar-refractivity contribution in [3.05, 3.63) is 52.6 Å². The van der Waals surface area contributed by atoms with Crippen molar-refractivity contribution in [3.63, 3.8) is 0 Å². The van der Waals surface area contributed by atoms with Gasteiger partial charge >= 0.3 is 11.9 Å². The van der Waals surface area contributed by atoms with E-state index in [0.29, 0.717) is 35.8 Å². The van der Waals surface area contributed by atoms with E-state index in [1.807, 2.05) is 4.90 Å². The first-order valence-electron chi connectivity index (χ1n) is 10.8. The van der Waals surface area contributed by atoms with Gasteiger partial charge in [-0.1, -0.05) is 6.92 Å². The van der Waals surface area contributed by atoms with E-state index in [0.717, 1.165) is 0 Å². The molecule has 0 aliphatic rings. The zero-order valence-corrected chi connectivity index (χ0v) is 19.7. The van der Waals surface area contributed by atoms with Crippen molar-refractivity contribution in [2.24, 2.45) is 10.2 Å². The normalized spacial score (nSPS) is 10.6. The number of benzene rings is 2. The molecule has 2 aromatic carbocycles. The Balaban J connectivity index is 2.31. The fourth-order valence-electron chi connectivity index (χ4n) is 2.87. The summed E-state index contributed by atoms with van der Waals surface area (Å²) in [6.45, 7) is 5.22. The molecule has 0 unspecified atom stereocenters. The Morgan fingerprint density at radius 1 is 0.971 bits per heavy atom. The molecule has 0 saturated heterocycles. The second-order valence-corrected chi connectivity index (χ2v) is 7.24. The van der Waals surface area contributed by atoms with E-state index in [-0.39, 0.29) is 31.2 Å². The molecule has 0 bridgehead atoms. The molecule has 1 amide bonds. The lowest BCUT2D eigenvalue weighted by atomic mass is 10.2. The first-order valence-corrected chi connectivity index (χ1v) is 10.8. The van der Waals surface area contributed by atoms with Crippen LogP contribution < -0.4 is 10.2 Å². The molecule has 0 aliphatic carbocycles. The average molecular weight is 485 g/mol. The summed E-state index contributed by atoms with van der Waals surface area (Å²) in [6, 6.07) is 10.7. The van der Waals surface area contributed by atoms with Crippen molar-refractivity contribution in [1.29, 1.82) is 0 Å². The van der Waals surface area contributed by atoms with Gasteiger partial charge in [0, 0.05) is 38.1 Å². The highest BCUT2D eigenvalue weighted by Crippen LogP contribution is 2.32. The number of carbonyl (C=O) groups is 3. The lowest BCUT2D eigenvalue weighted by Gasteiger charge is -2.25. The van der Waals surface area contributed by atoms with Gasteiger partial charge < -0.3 is 19.7 Å². The molecule has 2 rings (SSSR count). The van der Waals surface area contributed by atoms with Gasteiger partial charge in [0.2, 0.25) is 5.91 Å². The third kappa shape index (κ3) is 9.20. The minimum absolute atomic E-state index is 0.0632. The number of anilines is 2. The molecule has 35 heavy (non-hydrogen) atoms. The number of non-ortho nitro benzene ring substituents is 1. The number of esters is 2. The summed E-state index contributed by atoms with van der Waals surface area (Å²) in [4.78, 5) is 46.5. The number of carbonyl (C=O) groups excluding carboxylic acids is 3. The van der Waals surface area contributed by atoms with E-state index in [1.165, 1.54) is 38.1 Å². The third-order valence-corrected chi connectivity index (χ3v) is 4.61. The number of hydrogen-bond acceptors (Lipinski definition) is 10. The maximum Gasteiger partial charge on any atom is 0.302 e. The molecule has 0 aliphatic heterocycles. The summed E-state index contributed by atoms with van der Waals surface area (Å²) in [5, 5.41) is 21.9. The maximum atomic E-state index is 12.1. The topological polar surface area (TPSA) is 153 Å². The van der Waals surface area contributed by atoms with E-state index >= 15 is 0 Å². The highest BCUT2D eigenvalue weighted by Gasteiger charge is 2.13. The quantitative estimate of drug-likeness (QED) is 0.202. The summed E-state index contributed by atoms with van der Waals surface area (Å²) in [7, 11) is 0. The highest BCUT2D eigenvalue weighted by atomic mass is 16.6. The molecule has 2 aromatic rings. The van der Waals surface area contributed by atoms with Crippen LogP contribution in [0.4, 0.5) is 28.4 Å². The number of rotatable bonds is 12. The van der Waals surface area contributed by atoms with E-state index < -0.39 is 16.9 Å². The van der Waals surface area contributed by atoms with Gasteiger partial charge in [-0.05, 0) is 30.3 Å². The first-order chi connectivity index (χ1) is 16.7. The Kier molecular flexibility index (Phi) is 10.3. The summed E-state index contributed by atoms with van der Waals surface area (Å²) >= 11 is 0. The fourth-order valence-corrected chi connectivity index (χ4v) is 2.87. The van der Waals surface area contributed by atoms with Crippen LogP contribution in [0.1, 0.15) is 27.2 Å². The Morgan fingerprint density at radius 2 is 1.57 bits per heavy atom. The fraction of sp³-hybridized carbons (Fsp3) is 0.348. The SMILES string of the molecule is CCC(=O)Nc1cc(N(CCOC(C)=O)CCOC(C)=O)ccc1N=Nc1ccc([N+](=O)[O-])cc1. The number of hydrogen-bond donors (Lipinski definition) is 1. The molecule has 0 saturated carbocycles.